The van der Waals surface area contributed by atoms with Crippen LogP contribution in [0.5, 0.6) is 0 Å². The van der Waals surface area contributed by atoms with Gasteiger partial charge in [0, 0.05) is 18.8 Å². The van der Waals surface area contributed by atoms with Crippen LogP contribution < -0.4 is 5.32 Å². The van der Waals surface area contributed by atoms with Crippen LogP contribution in [0.1, 0.15) is 25.3 Å². The summed E-state index contributed by atoms with van der Waals surface area (Å²) in [5, 5.41) is 11.7. The summed E-state index contributed by atoms with van der Waals surface area (Å²) in [6, 6.07) is 8.74. The van der Waals surface area contributed by atoms with Gasteiger partial charge >= 0.3 is 0 Å². The lowest BCUT2D eigenvalue weighted by Crippen LogP contribution is -2.43. The maximum atomic E-state index is 12.3. The van der Waals surface area contributed by atoms with Crippen molar-refractivity contribution in [2.45, 2.75) is 31.9 Å². The summed E-state index contributed by atoms with van der Waals surface area (Å²) in [4.78, 5) is 14.3. The molecule has 5 nitrogen and oxygen atoms in total. The van der Waals surface area contributed by atoms with Crippen LogP contribution >= 0.6 is 0 Å². The Kier molecular flexibility index (Phi) is 5.32. The molecule has 1 heterocycles. The number of nitrogens with one attached hydrogen (secondary N) is 1. The monoisotopic (exact) mass is 287 g/mol. The number of nitriles is 1. The Morgan fingerprint density at radius 3 is 3.10 bits per heavy atom. The van der Waals surface area contributed by atoms with Gasteiger partial charge in [0.25, 0.3) is 0 Å². The van der Waals surface area contributed by atoms with Crippen LogP contribution in [0.4, 0.5) is 5.69 Å². The van der Waals surface area contributed by atoms with Crippen LogP contribution in [0, 0.1) is 11.3 Å². The van der Waals surface area contributed by atoms with Gasteiger partial charge in [-0.15, -0.1) is 0 Å². The van der Waals surface area contributed by atoms with Crippen LogP contribution in [-0.4, -0.2) is 43.2 Å². The number of anilines is 1. The molecule has 1 amide bonds. The second kappa shape index (κ2) is 7.21. The SMILES string of the molecule is CC(C(=O)Nc1cccc(C#N)c1)N(C)CC1CCCO1. The molecule has 0 saturated carbocycles. The lowest BCUT2D eigenvalue weighted by molar-refractivity contribution is -0.120. The van der Waals surface area contributed by atoms with E-state index in [9.17, 15) is 4.79 Å². The fraction of sp³-hybridized carbons (Fsp3) is 0.500. The van der Waals surface area contributed by atoms with Crippen molar-refractivity contribution in [2.75, 3.05) is 25.5 Å². The van der Waals surface area contributed by atoms with Crippen molar-refractivity contribution in [3.8, 4) is 6.07 Å². The van der Waals surface area contributed by atoms with Gasteiger partial charge in [-0.2, -0.15) is 5.26 Å². The topological polar surface area (TPSA) is 65.4 Å². The zero-order chi connectivity index (χ0) is 15.2. The minimum absolute atomic E-state index is 0.0782. The predicted molar refractivity (Wildman–Crippen MR) is 80.9 cm³/mol. The number of hydrogen-bond donors (Lipinski definition) is 1. The molecule has 0 spiro atoms. The molecular weight excluding hydrogens is 266 g/mol. The molecule has 2 unspecified atom stereocenters. The lowest BCUT2D eigenvalue weighted by atomic mass is 10.2. The van der Waals surface area contributed by atoms with Gasteiger partial charge in [0.1, 0.15) is 0 Å². The lowest BCUT2D eigenvalue weighted by Gasteiger charge is -2.26. The average Bonchev–Trinajstić information content (AvgIpc) is 2.99. The third kappa shape index (κ3) is 4.28. The molecule has 112 valence electrons. The first kappa shape index (κ1) is 15.5. The Labute approximate surface area is 125 Å². The van der Waals surface area contributed by atoms with Crippen LogP contribution in [0.25, 0.3) is 0 Å². The standard InChI is InChI=1S/C16H21N3O2/c1-12(19(2)11-15-7-4-8-21-15)16(20)18-14-6-3-5-13(9-14)10-17/h3,5-6,9,12,15H,4,7-8,11H2,1-2H3,(H,18,20). The number of carbonyl (C=O) groups excluding carboxylic acids is 1. The van der Waals surface area contributed by atoms with Crippen LogP contribution in [-0.2, 0) is 9.53 Å². The number of benzene rings is 1. The minimum Gasteiger partial charge on any atom is -0.377 e. The second-order valence-electron chi connectivity index (χ2n) is 5.43. The molecule has 1 fully saturated rings. The highest BCUT2D eigenvalue weighted by molar-refractivity contribution is 5.94. The summed E-state index contributed by atoms with van der Waals surface area (Å²) in [7, 11) is 1.93. The molecule has 1 aromatic rings. The summed E-state index contributed by atoms with van der Waals surface area (Å²) in [5.74, 6) is -0.0782. The van der Waals surface area contributed by atoms with Crippen molar-refractivity contribution in [1.82, 2.24) is 4.90 Å². The van der Waals surface area contributed by atoms with Gasteiger partial charge in [-0.25, -0.2) is 0 Å². The number of rotatable bonds is 5. The summed E-state index contributed by atoms with van der Waals surface area (Å²) in [5.41, 5.74) is 1.18. The van der Waals surface area contributed by atoms with E-state index < -0.39 is 0 Å². The van der Waals surface area contributed by atoms with E-state index in [1.54, 1.807) is 24.3 Å². The third-order valence-electron chi connectivity index (χ3n) is 3.82. The first-order chi connectivity index (χ1) is 10.1. The predicted octanol–water partition coefficient (Wildman–Crippen LogP) is 2.00. The zero-order valence-corrected chi connectivity index (χ0v) is 12.5. The van der Waals surface area contributed by atoms with Crippen molar-refractivity contribution in [1.29, 1.82) is 5.26 Å². The molecule has 21 heavy (non-hydrogen) atoms. The van der Waals surface area contributed by atoms with E-state index in [1.165, 1.54) is 0 Å². The smallest absolute Gasteiger partial charge is 0.241 e. The molecule has 1 saturated heterocycles. The Balaban J connectivity index is 1.90. The van der Waals surface area contributed by atoms with Gasteiger partial charge in [0.05, 0.1) is 23.8 Å². The normalized spacial score (nSPS) is 19.2. The van der Waals surface area contributed by atoms with Gasteiger partial charge < -0.3 is 10.1 Å². The van der Waals surface area contributed by atoms with Crippen LogP contribution in [0.3, 0.4) is 0 Å². The second-order valence-corrected chi connectivity index (χ2v) is 5.43. The van der Waals surface area contributed by atoms with Crippen molar-refractivity contribution in [3.63, 3.8) is 0 Å². The van der Waals surface area contributed by atoms with Crippen molar-refractivity contribution in [2.24, 2.45) is 0 Å². The molecule has 0 radical (unpaired) electrons. The number of likely N-dealkylation sites (N-methyl/N-ethyl adjacent to an activating group) is 1. The molecule has 1 aliphatic heterocycles. The minimum atomic E-state index is -0.250. The highest BCUT2D eigenvalue weighted by Gasteiger charge is 2.23. The summed E-state index contributed by atoms with van der Waals surface area (Å²) < 4.78 is 5.59. The highest BCUT2D eigenvalue weighted by atomic mass is 16.5. The Morgan fingerprint density at radius 2 is 2.43 bits per heavy atom. The van der Waals surface area contributed by atoms with Crippen molar-refractivity contribution in [3.05, 3.63) is 29.8 Å². The fourth-order valence-corrected chi connectivity index (χ4v) is 2.38. The maximum Gasteiger partial charge on any atom is 0.241 e. The first-order valence-electron chi connectivity index (χ1n) is 7.23. The number of hydrogen-bond acceptors (Lipinski definition) is 4. The van der Waals surface area contributed by atoms with Gasteiger partial charge in [0.15, 0.2) is 0 Å². The summed E-state index contributed by atoms with van der Waals surface area (Å²) >= 11 is 0. The third-order valence-corrected chi connectivity index (χ3v) is 3.82. The van der Waals surface area contributed by atoms with E-state index >= 15 is 0 Å². The maximum absolute atomic E-state index is 12.3. The number of carbonyl (C=O) groups is 1. The van der Waals surface area contributed by atoms with E-state index in [-0.39, 0.29) is 18.1 Å². The quantitative estimate of drug-likeness (QED) is 0.899. The molecule has 2 rings (SSSR count). The first-order valence-corrected chi connectivity index (χ1v) is 7.23. The molecule has 1 aromatic carbocycles. The highest BCUT2D eigenvalue weighted by Crippen LogP contribution is 2.15. The van der Waals surface area contributed by atoms with Gasteiger partial charge in [-0.3, -0.25) is 9.69 Å². The number of ether oxygens (including phenoxy) is 1. The number of nitrogens with zero attached hydrogens (tertiary/aromatic N) is 2. The summed E-state index contributed by atoms with van der Waals surface area (Å²) in [6.45, 7) is 3.45. The van der Waals surface area contributed by atoms with E-state index in [4.69, 9.17) is 10.00 Å². The van der Waals surface area contributed by atoms with Crippen molar-refractivity contribution < 1.29 is 9.53 Å². The van der Waals surface area contributed by atoms with Crippen LogP contribution in [0.15, 0.2) is 24.3 Å². The largest absolute Gasteiger partial charge is 0.377 e. The van der Waals surface area contributed by atoms with Crippen LogP contribution in [0.2, 0.25) is 0 Å². The van der Waals surface area contributed by atoms with Gasteiger partial charge in [-0.1, -0.05) is 6.07 Å². The average molecular weight is 287 g/mol. The molecular formula is C16H21N3O2. The zero-order valence-electron chi connectivity index (χ0n) is 12.5. The van der Waals surface area contributed by atoms with E-state index in [2.05, 4.69) is 11.4 Å². The van der Waals surface area contributed by atoms with E-state index in [1.807, 2.05) is 18.9 Å². The molecule has 2 atom stereocenters. The Bertz CT molecular complexity index is 533. The summed E-state index contributed by atoms with van der Waals surface area (Å²) in [6.07, 6.45) is 2.38. The molecule has 0 aromatic heterocycles. The molecule has 1 N–H and O–H groups in total. The van der Waals surface area contributed by atoms with E-state index in [0.717, 1.165) is 26.0 Å². The molecule has 5 heteroatoms. The molecule has 0 aliphatic carbocycles. The number of amides is 1. The Hall–Kier alpha value is -1.90. The van der Waals surface area contributed by atoms with Gasteiger partial charge in [0.2, 0.25) is 5.91 Å². The Morgan fingerprint density at radius 1 is 1.62 bits per heavy atom. The molecule has 0 bridgehead atoms. The van der Waals surface area contributed by atoms with E-state index in [0.29, 0.717) is 11.3 Å². The van der Waals surface area contributed by atoms with Gasteiger partial charge in [-0.05, 0) is 45.0 Å². The van der Waals surface area contributed by atoms with Crippen molar-refractivity contribution >= 4 is 11.6 Å². The molecule has 1 aliphatic rings. The fourth-order valence-electron chi connectivity index (χ4n) is 2.38.